The Bertz CT molecular complexity index is 780. The van der Waals surface area contributed by atoms with Gasteiger partial charge in [-0.25, -0.2) is 0 Å². The van der Waals surface area contributed by atoms with Crippen LogP contribution >= 0.6 is 11.8 Å². The van der Waals surface area contributed by atoms with Gasteiger partial charge in [0.2, 0.25) is 0 Å². The monoisotopic (exact) mass is 402 g/mol. The van der Waals surface area contributed by atoms with E-state index < -0.39 is 12.0 Å². The first-order valence-electron chi connectivity index (χ1n) is 9.02. The van der Waals surface area contributed by atoms with Crippen molar-refractivity contribution >= 4 is 29.3 Å². The van der Waals surface area contributed by atoms with E-state index in [4.69, 9.17) is 4.74 Å². The van der Waals surface area contributed by atoms with Crippen molar-refractivity contribution in [1.82, 2.24) is 5.32 Å². The lowest BCUT2D eigenvalue weighted by molar-refractivity contribution is -0.139. The molecule has 2 rings (SSSR count). The Morgan fingerprint density at radius 1 is 1.14 bits per heavy atom. The molecule has 0 bridgehead atoms. The van der Waals surface area contributed by atoms with Crippen LogP contribution in [0.1, 0.15) is 17.5 Å². The minimum absolute atomic E-state index is 0.125. The van der Waals surface area contributed by atoms with Crippen molar-refractivity contribution in [2.24, 2.45) is 0 Å². The van der Waals surface area contributed by atoms with E-state index in [9.17, 15) is 14.7 Å². The Hall–Kier alpha value is -2.51. The van der Waals surface area contributed by atoms with Crippen molar-refractivity contribution in [3.05, 3.63) is 59.7 Å². The molecule has 2 aromatic carbocycles. The van der Waals surface area contributed by atoms with Crippen LogP contribution in [0.25, 0.3) is 0 Å². The normalized spacial score (nSPS) is 11.6. The van der Waals surface area contributed by atoms with E-state index in [1.54, 1.807) is 17.8 Å². The average Bonchev–Trinajstić information content (AvgIpc) is 2.68. The molecule has 0 spiro atoms. The van der Waals surface area contributed by atoms with Crippen molar-refractivity contribution in [3.8, 4) is 5.75 Å². The molecule has 0 aromatic heterocycles. The quantitative estimate of drug-likeness (QED) is 0.535. The fraction of sp³-hybridized carbons (Fsp3) is 0.333. The van der Waals surface area contributed by atoms with Crippen LogP contribution < -0.4 is 15.4 Å². The first-order chi connectivity index (χ1) is 13.5. The number of benzene rings is 2. The number of thioether (sulfide) groups is 1. The Balaban J connectivity index is 1.91. The Kier molecular flexibility index (Phi) is 8.84. The van der Waals surface area contributed by atoms with Crippen molar-refractivity contribution in [2.45, 2.75) is 25.9 Å². The summed E-state index contributed by atoms with van der Waals surface area (Å²) in [6, 6.07) is 14.2. The lowest BCUT2D eigenvalue weighted by atomic mass is 10.1. The maximum atomic E-state index is 12.1. The van der Waals surface area contributed by atoms with Gasteiger partial charge in [-0.15, -0.1) is 0 Å². The maximum absolute atomic E-state index is 12.1. The van der Waals surface area contributed by atoms with Crippen molar-refractivity contribution < 1.29 is 19.4 Å². The molecule has 1 atom stereocenters. The van der Waals surface area contributed by atoms with Gasteiger partial charge >= 0.3 is 5.97 Å². The molecule has 28 heavy (non-hydrogen) atoms. The van der Waals surface area contributed by atoms with E-state index in [1.807, 2.05) is 55.6 Å². The number of aliphatic carboxylic acids is 1. The zero-order chi connectivity index (χ0) is 20.4. The number of nitrogens with one attached hydrogen (secondary N) is 2. The average molecular weight is 403 g/mol. The van der Waals surface area contributed by atoms with Crippen LogP contribution in [0, 0.1) is 6.92 Å². The van der Waals surface area contributed by atoms with Gasteiger partial charge in [-0.05, 0) is 43.6 Å². The summed E-state index contributed by atoms with van der Waals surface area (Å²) in [7, 11) is 0. The first kappa shape index (κ1) is 21.8. The van der Waals surface area contributed by atoms with Crippen molar-refractivity contribution in [2.75, 3.05) is 23.9 Å². The third-order valence-corrected chi connectivity index (χ3v) is 4.76. The minimum atomic E-state index is -0.870. The van der Waals surface area contributed by atoms with Crippen LogP contribution in [-0.2, 0) is 16.1 Å². The lowest BCUT2D eigenvalue weighted by Crippen LogP contribution is -2.36. The molecule has 0 aliphatic heterocycles. The second-order valence-corrected chi connectivity index (χ2v) is 7.35. The van der Waals surface area contributed by atoms with Gasteiger partial charge in [0, 0.05) is 17.8 Å². The van der Waals surface area contributed by atoms with Gasteiger partial charge in [-0.1, -0.05) is 35.9 Å². The van der Waals surface area contributed by atoms with Crippen molar-refractivity contribution in [1.29, 1.82) is 0 Å². The molecule has 1 amide bonds. The van der Waals surface area contributed by atoms with Crippen LogP contribution in [0.3, 0.4) is 0 Å². The molecule has 6 nitrogen and oxygen atoms in total. The number of amides is 1. The number of hydrogen-bond donors (Lipinski definition) is 3. The summed E-state index contributed by atoms with van der Waals surface area (Å²) in [5, 5.41) is 15.2. The van der Waals surface area contributed by atoms with E-state index in [-0.39, 0.29) is 12.5 Å². The van der Waals surface area contributed by atoms with Gasteiger partial charge in [0.05, 0.1) is 0 Å². The number of carboxylic acids is 1. The highest BCUT2D eigenvalue weighted by Gasteiger charge is 2.17. The van der Waals surface area contributed by atoms with Crippen LogP contribution in [-0.4, -0.2) is 41.6 Å². The summed E-state index contributed by atoms with van der Waals surface area (Å²) >= 11 is 1.61. The van der Waals surface area contributed by atoms with Crippen LogP contribution in [0.15, 0.2) is 48.5 Å². The predicted molar refractivity (Wildman–Crippen MR) is 113 cm³/mol. The molecule has 0 heterocycles. The smallest absolute Gasteiger partial charge is 0.320 e. The van der Waals surface area contributed by atoms with Crippen LogP contribution in [0.4, 0.5) is 5.69 Å². The summed E-state index contributed by atoms with van der Waals surface area (Å²) in [5.74, 6) is 0.198. The maximum Gasteiger partial charge on any atom is 0.320 e. The Morgan fingerprint density at radius 2 is 1.86 bits per heavy atom. The number of carboxylic acid groups (broad SMARTS) is 1. The largest absolute Gasteiger partial charge is 0.483 e. The fourth-order valence-electron chi connectivity index (χ4n) is 2.55. The second-order valence-electron chi connectivity index (χ2n) is 6.36. The Labute approximate surface area is 169 Å². The van der Waals surface area contributed by atoms with E-state index >= 15 is 0 Å². The van der Waals surface area contributed by atoms with E-state index in [0.29, 0.717) is 24.4 Å². The minimum Gasteiger partial charge on any atom is -0.483 e. The fourth-order valence-corrected chi connectivity index (χ4v) is 3.02. The number of carbonyl (C=O) groups is 2. The van der Waals surface area contributed by atoms with Crippen LogP contribution in [0.2, 0.25) is 0 Å². The molecule has 2 aromatic rings. The second kappa shape index (κ2) is 11.4. The summed E-state index contributed by atoms with van der Waals surface area (Å²) in [6.45, 7) is 2.20. The number of ether oxygens (including phenoxy) is 1. The third-order valence-electron chi connectivity index (χ3n) is 4.11. The van der Waals surface area contributed by atoms with Gasteiger partial charge in [-0.2, -0.15) is 11.8 Å². The molecule has 0 saturated heterocycles. The molecular weight excluding hydrogens is 376 g/mol. The predicted octanol–water partition coefficient (Wildman–Crippen LogP) is 3.31. The van der Waals surface area contributed by atoms with E-state index in [2.05, 4.69) is 10.6 Å². The van der Waals surface area contributed by atoms with Gasteiger partial charge in [0.1, 0.15) is 11.8 Å². The van der Waals surface area contributed by atoms with E-state index in [1.165, 1.54) is 0 Å². The topological polar surface area (TPSA) is 87.7 Å². The molecule has 7 heteroatoms. The number of aryl methyl sites for hydroxylation is 1. The van der Waals surface area contributed by atoms with E-state index in [0.717, 1.165) is 16.9 Å². The molecule has 0 aliphatic rings. The SMILES string of the molecule is CSCCC(NCc1ccccc1OCC(=O)Nc1ccc(C)cc1)C(=O)O. The summed E-state index contributed by atoms with van der Waals surface area (Å²) < 4.78 is 5.67. The summed E-state index contributed by atoms with van der Waals surface area (Å²) in [4.78, 5) is 23.5. The Morgan fingerprint density at radius 3 is 2.54 bits per heavy atom. The highest BCUT2D eigenvalue weighted by atomic mass is 32.2. The molecule has 0 saturated carbocycles. The molecule has 0 radical (unpaired) electrons. The molecule has 3 N–H and O–H groups in total. The molecule has 1 unspecified atom stereocenters. The molecule has 0 fully saturated rings. The number of anilines is 1. The summed E-state index contributed by atoms with van der Waals surface area (Å²) in [5.41, 5.74) is 2.64. The standard InChI is InChI=1S/C21H26N2O4S/c1-15-7-9-17(10-8-15)23-20(24)14-27-19-6-4-3-5-16(19)13-22-18(21(25)26)11-12-28-2/h3-10,18,22H,11-14H2,1-2H3,(H,23,24)(H,25,26). The zero-order valence-electron chi connectivity index (χ0n) is 16.1. The number of para-hydroxylation sites is 1. The highest BCUT2D eigenvalue weighted by molar-refractivity contribution is 7.98. The first-order valence-corrected chi connectivity index (χ1v) is 10.4. The zero-order valence-corrected chi connectivity index (χ0v) is 16.9. The van der Waals surface area contributed by atoms with Gasteiger partial charge < -0.3 is 20.5 Å². The molecule has 0 aliphatic carbocycles. The van der Waals surface area contributed by atoms with Crippen LogP contribution in [0.5, 0.6) is 5.75 Å². The molecule has 150 valence electrons. The number of carbonyl (C=O) groups excluding carboxylic acids is 1. The third kappa shape index (κ3) is 7.25. The van der Waals surface area contributed by atoms with Gasteiger partial charge in [0.25, 0.3) is 5.91 Å². The number of hydrogen-bond acceptors (Lipinski definition) is 5. The molecular formula is C21H26N2O4S. The van der Waals surface area contributed by atoms with Crippen molar-refractivity contribution in [3.63, 3.8) is 0 Å². The summed E-state index contributed by atoms with van der Waals surface area (Å²) in [6.07, 6.45) is 2.49. The highest BCUT2D eigenvalue weighted by Crippen LogP contribution is 2.18. The lowest BCUT2D eigenvalue weighted by Gasteiger charge is -2.16. The van der Waals surface area contributed by atoms with Gasteiger partial charge in [-0.3, -0.25) is 9.59 Å². The number of rotatable bonds is 11. The van der Waals surface area contributed by atoms with Gasteiger partial charge in [0.15, 0.2) is 6.61 Å².